The van der Waals surface area contributed by atoms with E-state index >= 15 is 0 Å². The molecule has 0 bridgehead atoms. The molecule has 86 valence electrons. The fraction of sp³-hybridized carbons (Fsp3) is 0.417. The summed E-state index contributed by atoms with van der Waals surface area (Å²) in [6.07, 6.45) is 0. The third-order valence-electron chi connectivity index (χ3n) is 2.37. The largest absolute Gasteiger partial charge is 0.497 e. The van der Waals surface area contributed by atoms with Gasteiger partial charge in [-0.2, -0.15) is 0 Å². The number of aliphatic imine (C=N–C) groups is 1. The molecule has 0 N–H and O–H groups in total. The summed E-state index contributed by atoms with van der Waals surface area (Å²) in [4.78, 5) is 4.33. The second-order valence-corrected chi connectivity index (χ2v) is 4.36. The molecule has 0 atom stereocenters. The van der Waals surface area contributed by atoms with Crippen LogP contribution in [0.3, 0.4) is 0 Å². The summed E-state index contributed by atoms with van der Waals surface area (Å²) in [5.41, 5.74) is 0.0649. The van der Waals surface area contributed by atoms with Crippen molar-refractivity contribution in [3.8, 4) is 5.75 Å². The zero-order valence-electron chi connectivity index (χ0n) is 9.58. The van der Waals surface area contributed by atoms with E-state index in [9.17, 15) is 4.39 Å². The molecule has 4 heteroatoms. The van der Waals surface area contributed by atoms with Gasteiger partial charge in [-0.1, -0.05) is 0 Å². The first-order valence-electron chi connectivity index (χ1n) is 5.08. The van der Waals surface area contributed by atoms with Crippen molar-refractivity contribution in [2.24, 2.45) is 4.99 Å². The topological polar surface area (TPSA) is 30.8 Å². The van der Waals surface area contributed by atoms with E-state index in [4.69, 9.17) is 9.47 Å². The highest BCUT2D eigenvalue weighted by atomic mass is 19.1. The molecule has 0 radical (unpaired) electrons. The van der Waals surface area contributed by atoms with Crippen LogP contribution in [0.1, 0.15) is 19.4 Å². The molecule has 0 spiro atoms. The fourth-order valence-corrected chi connectivity index (χ4v) is 1.52. The Hall–Kier alpha value is -1.58. The third kappa shape index (κ3) is 2.01. The number of methoxy groups -OCH3 is 1. The molecule has 3 nitrogen and oxygen atoms in total. The summed E-state index contributed by atoms with van der Waals surface area (Å²) in [5, 5.41) is 0. The van der Waals surface area contributed by atoms with E-state index in [0.717, 1.165) is 0 Å². The van der Waals surface area contributed by atoms with E-state index in [2.05, 4.69) is 4.99 Å². The van der Waals surface area contributed by atoms with Gasteiger partial charge in [-0.05, 0) is 32.0 Å². The summed E-state index contributed by atoms with van der Waals surface area (Å²) in [6.45, 7) is 4.36. The maximum absolute atomic E-state index is 13.6. The summed E-state index contributed by atoms with van der Waals surface area (Å²) in [6, 6.07) is 4.51. The van der Waals surface area contributed by atoms with Crippen LogP contribution >= 0.6 is 0 Å². The lowest BCUT2D eigenvalue weighted by Gasteiger charge is -2.07. The van der Waals surface area contributed by atoms with E-state index in [1.54, 1.807) is 12.1 Å². The smallest absolute Gasteiger partial charge is 0.219 e. The molecule has 1 aliphatic heterocycles. The van der Waals surface area contributed by atoms with Crippen molar-refractivity contribution in [2.75, 3.05) is 13.7 Å². The Bertz CT molecular complexity index is 441. The number of benzene rings is 1. The predicted molar refractivity (Wildman–Crippen MR) is 59.5 cm³/mol. The van der Waals surface area contributed by atoms with Gasteiger partial charge in [0.2, 0.25) is 5.90 Å². The molecule has 0 aliphatic carbocycles. The number of rotatable bonds is 2. The monoisotopic (exact) mass is 223 g/mol. The zero-order chi connectivity index (χ0) is 11.8. The molecule has 0 amide bonds. The Morgan fingerprint density at radius 2 is 2.19 bits per heavy atom. The molecule has 0 unspecified atom stereocenters. The van der Waals surface area contributed by atoms with E-state index in [1.807, 2.05) is 13.8 Å². The highest BCUT2D eigenvalue weighted by molar-refractivity contribution is 5.96. The second-order valence-electron chi connectivity index (χ2n) is 4.36. The number of ether oxygens (including phenoxy) is 2. The quantitative estimate of drug-likeness (QED) is 0.770. The van der Waals surface area contributed by atoms with Gasteiger partial charge in [-0.3, -0.25) is 0 Å². The van der Waals surface area contributed by atoms with E-state index in [0.29, 0.717) is 23.8 Å². The van der Waals surface area contributed by atoms with Crippen LogP contribution in [0.15, 0.2) is 23.2 Å². The zero-order valence-corrected chi connectivity index (χ0v) is 9.58. The van der Waals surface area contributed by atoms with Crippen LogP contribution in [0.2, 0.25) is 0 Å². The average Bonchev–Trinajstić information content (AvgIpc) is 2.59. The maximum Gasteiger partial charge on any atom is 0.219 e. The minimum Gasteiger partial charge on any atom is -0.497 e. The van der Waals surface area contributed by atoms with Crippen molar-refractivity contribution in [3.63, 3.8) is 0 Å². The predicted octanol–water partition coefficient (Wildman–Crippen LogP) is 2.39. The van der Waals surface area contributed by atoms with Gasteiger partial charge in [0.1, 0.15) is 18.2 Å². The van der Waals surface area contributed by atoms with Crippen molar-refractivity contribution in [1.29, 1.82) is 0 Å². The Labute approximate surface area is 93.9 Å². The summed E-state index contributed by atoms with van der Waals surface area (Å²) in [7, 11) is 1.54. The standard InChI is InChI=1S/C12H14FNO2/c1-12(2)7-16-11(14-12)9-6-8(15-3)4-5-10(9)13/h4-6H,7H2,1-3H3. The summed E-state index contributed by atoms with van der Waals surface area (Å²) < 4.78 is 24.0. The first-order chi connectivity index (χ1) is 7.52. The van der Waals surface area contributed by atoms with E-state index in [1.165, 1.54) is 13.2 Å². The summed E-state index contributed by atoms with van der Waals surface area (Å²) >= 11 is 0. The molecule has 1 aliphatic rings. The number of halogens is 1. The van der Waals surface area contributed by atoms with Gasteiger partial charge in [-0.25, -0.2) is 9.38 Å². The molecule has 0 aromatic heterocycles. The summed E-state index contributed by atoms with van der Waals surface area (Å²) in [5.74, 6) is 0.589. The van der Waals surface area contributed by atoms with Crippen LogP contribution in [0.4, 0.5) is 4.39 Å². The van der Waals surface area contributed by atoms with Crippen LogP contribution in [0.5, 0.6) is 5.75 Å². The van der Waals surface area contributed by atoms with Gasteiger partial charge in [0.25, 0.3) is 0 Å². The van der Waals surface area contributed by atoms with Gasteiger partial charge >= 0.3 is 0 Å². The van der Waals surface area contributed by atoms with Gasteiger partial charge in [0, 0.05) is 0 Å². The number of hydrogen-bond acceptors (Lipinski definition) is 3. The van der Waals surface area contributed by atoms with E-state index in [-0.39, 0.29) is 11.4 Å². The maximum atomic E-state index is 13.6. The molecule has 1 heterocycles. The lowest BCUT2D eigenvalue weighted by molar-refractivity contribution is 0.278. The highest BCUT2D eigenvalue weighted by Gasteiger charge is 2.28. The van der Waals surface area contributed by atoms with Crippen LogP contribution in [0.25, 0.3) is 0 Å². The number of hydrogen-bond donors (Lipinski definition) is 0. The SMILES string of the molecule is COc1ccc(F)c(C2=NC(C)(C)CO2)c1. The van der Waals surface area contributed by atoms with Gasteiger partial charge in [-0.15, -0.1) is 0 Å². The highest BCUT2D eigenvalue weighted by Crippen LogP contribution is 2.24. The van der Waals surface area contributed by atoms with Gasteiger partial charge < -0.3 is 9.47 Å². The Balaban J connectivity index is 2.41. The first kappa shape index (κ1) is 10.9. The molecule has 16 heavy (non-hydrogen) atoms. The number of nitrogens with zero attached hydrogens (tertiary/aromatic N) is 1. The molecule has 0 saturated heterocycles. The molecule has 1 aromatic carbocycles. The minimum absolute atomic E-state index is 0.287. The average molecular weight is 223 g/mol. The molecule has 1 aromatic rings. The van der Waals surface area contributed by atoms with E-state index < -0.39 is 0 Å². The van der Waals surface area contributed by atoms with Crippen molar-refractivity contribution in [1.82, 2.24) is 0 Å². The Kier molecular flexibility index (Phi) is 2.58. The lowest BCUT2D eigenvalue weighted by atomic mass is 10.1. The van der Waals surface area contributed by atoms with Crippen molar-refractivity contribution in [2.45, 2.75) is 19.4 Å². The van der Waals surface area contributed by atoms with Gasteiger partial charge in [0.05, 0.1) is 18.2 Å². The normalized spacial score (nSPS) is 17.9. The minimum atomic E-state index is -0.350. The van der Waals surface area contributed by atoms with Crippen LogP contribution < -0.4 is 4.74 Å². The van der Waals surface area contributed by atoms with Crippen molar-refractivity contribution < 1.29 is 13.9 Å². The van der Waals surface area contributed by atoms with Crippen LogP contribution in [0, 0.1) is 5.82 Å². The van der Waals surface area contributed by atoms with Gasteiger partial charge in [0.15, 0.2) is 0 Å². The Morgan fingerprint density at radius 1 is 1.44 bits per heavy atom. The van der Waals surface area contributed by atoms with Crippen LogP contribution in [-0.4, -0.2) is 25.2 Å². The first-order valence-corrected chi connectivity index (χ1v) is 5.08. The van der Waals surface area contributed by atoms with Crippen molar-refractivity contribution in [3.05, 3.63) is 29.6 Å². The molecule has 0 saturated carbocycles. The lowest BCUT2D eigenvalue weighted by Crippen LogP contribution is -2.17. The molecular formula is C12H14FNO2. The fourth-order valence-electron chi connectivity index (χ4n) is 1.52. The van der Waals surface area contributed by atoms with Crippen molar-refractivity contribution >= 4 is 5.90 Å². The Morgan fingerprint density at radius 3 is 2.75 bits per heavy atom. The molecule has 0 fully saturated rings. The third-order valence-corrected chi connectivity index (χ3v) is 2.37. The van der Waals surface area contributed by atoms with Crippen LogP contribution in [-0.2, 0) is 4.74 Å². The molecular weight excluding hydrogens is 209 g/mol. The molecule has 2 rings (SSSR count). The second kappa shape index (κ2) is 3.77.